The van der Waals surface area contributed by atoms with E-state index in [1.807, 2.05) is 13.8 Å². The van der Waals surface area contributed by atoms with Gasteiger partial charge in [-0.1, -0.05) is 0 Å². The first-order chi connectivity index (χ1) is 9.70. The fourth-order valence-electron chi connectivity index (χ4n) is 2.09. The summed E-state index contributed by atoms with van der Waals surface area (Å²) in [6.45, 7) is 4.00. The summed E-state index contributed by atoms with van der Waals surface area (Å²) in [5.74, 6) is -0.927. The van der Waals surface area contributed by atoms with Crippen molar-refractivity contribution < 1.29 is 17.6 Å². The molecule has 0 bridgehead atoms. The molecule has 1 N–H and O–H groups in total. The van der Waals surface area contributed by atoms with Crippen molar-refractivity contribution in [1.29, 1.82) is 0 Å². The number of hydrogen-bond donors (Lipinski definition) is 1. The molecule has 3 nitrogen and oxygen atoms in total. The molecule has 0 spiro atoms. The molecule has 0 saturated carbocycles. The Bertz CT molecular complexity index is 659. The number of aryl methyl sites for hydroxylation is 2. The zero-order valence-corrected chi connectivity index (χ0v) is 11.8. The van der Waals surface area contributed by atoms with Crippen LogP contribution in [0.1, 0.15) is 22.5 Å². The summed E-state index contributed by atoms with van der Waals surface area (Å²) in [7, 11) is 1.80. The lowest BCUT2D eigenvalue weighted by Gasteiger charge is -2.11. The molecule has 2 rings (SSSR count). The van der Waals surface area contributed by atoms with Crippen LogP contribution in [0.15, 0.2) is 18.2 Å². The molecule has 1 heterocycles. The van der Waals surface area contributed by atoms with Gasteiger partial charge in [-0.15, -0.1) is 0 Å². The quantitative estimate of drug-likeness (QED) is 0.874. The highest BCUT2D eigenvalue weighted by atomic mass is 19.4. The van der Waals surface area contributed by atoms with Gasteiger partial charge in [0.15, 0.2) is 0 Å². The summed E-state index contributed by atoms with van der Waals surface area (Å²) in [5.41, 5.74) is 1.66. The normalized spacial score (nSPS) is 11.8. The highest BCUT2D eigenvalue weighted by molar-refractivity contribution is 5.47. The fourth-order valence-corrected chi connectivity index (χ4v) is 2.09. The van der Waals surface area contributed by atoms with E-state index in [9.17, 15) is 17.6 Å². The minimum atomic E-state index is -4.55. The Hall–Kier alpha value is -2.05. The molecule has 0 aliphatic heterocycles. The van der Waals surface area contributed by atoms with Crippen molar-refractivity contribution in [2.75, 3.05) is 5.32 Å². The molecule has 0 atom stereocenters. The molecule has 0 aliphatic carbocycles. The van der Waals surface area contributed by atoms with Gasteiger partial charge in [0.2, 0.25) is 0 Å². The highest BCUT2D eigenvalue weighted by Gasteiger charge is 2.31. The Labute approximate surface area is 119 Å². The van der Waals surface area contributed by atoms with Gasteiger partial charge in [-0.25, -0.2) is 4.39 Å². The molecule has 0 saturated heterocycles. The number of benzene rings is 1. The number of anilines is 1. The first-order valence-electron chi connectivity index (χ1n) is 6.30. The first-order valence-corrected chi connectivity index (χ1v) is 6.30. The van der Waals surface area contributed by atoms with Crippen LogP contribution in [0.2, 0.25) is 0 Å². The standard InChI is InChI=1S/C14H15F4N3/c1-8-11(9(2)21(3)20-8)7-19-13-5-4-10(6-12(13)15)14(16,17)18/h4-6,19H,7H2,1-3H3. The van der Waals surface area contributed by atoms with Crippen molar-refractivity contribution >= 4 is 5.69 Å². The van der Waals surface area contributed by atoms with Gasteiger partial charge in [-0.2, -0.15) is 18.3 Å². The lowest BCUT2D eigenvalue weighted by molar-refractivity contribution is -0.137. The Kier molecular flexibility index (Phi) is 3.93. The molecule has 0 fully saturated rings. The van der Waals surface area contributed by atoms with Crippen LogP contribution < -0.4 is 5.32 Å². The fraction of sp³-hybridized carbons (Fsp3) is 0.357. The van der Waals surface area contributed by atoms with Crippen LogP contribution in [-0.4, -0.2) is 9.78 Å². The van der Waals surface area contributed by atoms with Crippen LogP contribution in [0.4, 0.5) is 23.2 Å². The molecule has 0 unspecified atom stereocenters. The van der Waals surface area contributed by atoms with Crippen molar-refractivity contribution in [3.8, 4) is 0 Å². The van der Waals surface area contributed by atoms with E-state index < -0.39 is 17.6 Å². The molecule has 1 aromatic heterocycles. The minimum Gasteiger partial charge on any atom is -0.378 e. The van der Waals surface area contributed by atoms with Gasteiger partial charge < -0.3 is 5.32 Å². The van der Waals surface area contributed by atoms with E-state index >= 15 is 0 Å². The monoisotopic (exact) mass is 301 g/mol. The zero-order chi connectivity index (χ0) is 15.8. The number of halogens is 4. The van der Waals surface area contributed by atoms with Crippen LogP contribution in [0.25, 0.3) is 0 Å². The SMILES string of the molecule is Cc1nn(C)c(C)c1CNc1ccc(C(F)(F)F)cc1F. The van der Waals surface area contributed by atoms with Gasteiger partial charge in [0, 0.05) is 24.8 Å². The van der Waals surface area contributed by atoms with Gasteiger partial charge in [-0.3, -0.25) is 4.68 Å². The molecule has 21 heavy (non-hydrogen) atoms. The third-order valence-electron chi connectivity index (χ3n) is 3.41. The van der Waals surface area contributed by atoms with Gasteiger partial charge in [0.25, 0.3) is 0 Å². The Morgan fingerprint density at radius 3 is 2.38 bits per heavy atom. The largest absolute Gasteiger partial charge is 0.416 e. The third kappa shape index (κ3) is 3.17. The second kappa shape index (κ2) is 5.38. The minimum absolute atomic E-state index is 0.0330. The van der Waals surface area contributed by atoms with Crippen LogP contribution >= 0.6 is 0 Å². The predicted molar refractivity (Wildman–Crippen MR) is 71.4 cm³/mol. The van der Waals surface area contributed by atoms with Crippen LogP contribution in [0, 0.1) is 19.7 Å². The van der Waals surface area contributed by atoms with Crippen molar-refractivity contribution in [3.63, 3.8) is 0 Å². The third-order valence-corrected chi connectivity index (χ3v) is 3.41. The topological polar surface area (TPSA) is 29.9 Å². The van der Waals surface area contributed by atoms with Gasteiger partial charge in [-0.05, 0) is 32.0 Å². The van der Waals surface area contributed by atoms with E-state index in [0.717, 1.165) is 29.1 Å². The van der Waals surface area contributed by atoms with E-state index in [1.54, 1.807) is 11.7 Å². The number of rotatable bonds is 3. The molecular formula is C14H15F4N3. The van der Waals surface area contributed by atoms with Crippen molar-refractivity contribution in [1.82, 2.24) is 9.78 Å². The Balaban J connectivity index is 2.17. The van der Waals surface area contributed by atoms with Gasteiger partial charge >= 0.3 is 6.18 Å². The average molecular weight is 301 g/mol. The number of nitrogens with one attached hydrogen (secondary N) is 1. The number of alkyl halides is 3. The van der Waals surface area contributed by atoms with E-state index in [1.165, 1.54) is 0 Å². The molecule has 2 aromatic rings. The Morgan fingerprint density at radius 2 is 1.90 bits per heavy atom. The molecular weight excluding hydrogens is 286 g/mol. The smallest absolute Gasteiger partial charge is 0.378 e. The zero-order valence-electron chi connectivity index (χ0n) is 11.8. The molecule has 7 heteroatoms. The van der Waals surface area contributed by atoms with E-state index in [-0.39, 0.29) is 5.69 Å². The molecule has 114 valence electrons. The Morgan fingerprint density at radius 1 is 1.24 bits per heavy atom. The van der Waals surface area contributed by atoms with Crippen molar-refractivity contribution in [3.05, 3.63) is 46.5 Å². The van der Waals surface area contributed by atoms with E-state index in [2.05, 4.69) is 10.4 Å². The first kappa shape index (κ1) is 15.3. The van der Waals surface area contributed by atoms with E-state index in [0.29, 0.717) is 12.6 Å². The summed E-state index contributed by atoms with van der Waals surface area (Å²) in [6, 6.07) is 2.44. The molecule has 0 amide bonds. The average Bonchev–Trinajstić information content (AvgIpc) is 2.61. The second-order valence-electron chi connectivity index (χ2n) is 4.82. The highest BCUT2D eigenvalue weighted by Crippen LogP contribution is 2.31. The molecule has 1 aromatic carbocycles. The number of nitrogens with zero attached hydrogens (tertiary/aromatic N) is 2. The summed E-state index contributed by atoms with van der Waals surface area (Å²) in [6.07, 6.45) is -4.55. The summed E-state index contributed by atoms with van der Waals surface area (Å²) >= 11 is 0. The maximum absolute atomic E-state index is 13.7. The van der Waals surface area contributed by atoms with Gasteiger partial charge in [0.05, 0.1) is 16.9 Å². The second-order valence-corrected chi connectivity index (χ2v) is 4.82. The maximum atomic E-state index is 13.7. The van der Waals surface area contributed by atoms with E-state index in [4.69, 9.17) is 0 Å². The van der Waals surface area contributed by atoms with Crippen LogP contribution in [0.3, 0.4) is 0 Å². The number of hydrogen-bond acceptors (Lipinski definition) is 2. The maximum Gasteiger partial charge on any atom is 0.416 e. The predicted octanol–water partition coefficient (Wildman–Crippen LogP) is 3.81. The molecule has 0 radical (unpaired) electrons. The van der Waals surface area contributed by atoms with Crippen molar-refractivity contribution in [2.45, 2.75) is 26.6 Å². The lowest BCUT2D eigenvalue weighted by Crippen LogP contribution is -2.08. The number of aromatic nitrogens is 2. The molecule has 0 aliphatic rings. The lowest BCUT2D eigenvalue weighted by atomic mass is 10.1. The van der Waals surface area contributed by atoms with Crippen LogP contribution in [0.5, 0.6) is 0 Å². The van der Waals surface area contributed by atoms with Gasteiger partial charge in [0.1, 0.15) is 5.82 Å². The summed E-state index contributed by atoms with van der Waals surface area (Å²) < 4.78 is 52.8. The summed E-state index contributed by atoms with van der Waals surface area (Å²) in [5, 5.41) is 7.03. The summed E-state index contributed by atoms with van der Waals surface area (Å²) in [4.78, 5) is 0. The van der Waals surface area contributed by atoms with Crippen molar-refractivity contribution in [2.24, 2.45) is 7.05 Å². The van der Waals surface area contributed by atoms with Crippen LogP contribution in [-0.2, 0) is 19.8 Å².